The summed E-state index contributed by atoms with van der Waals surface area (Å²) in [6.07, 6.45) is 4.19. The fraction of sp³-hybridized carbons (Fsp3) is 0.458. The van der Waals surface area contributed by atoms with Crippen molar-refractivity contribution < 1.29 is 4.79 Å². The zero-order valence-corrected chi connectivity index (χ0v) is 18.6. The predicted octanol–water partition coefficient (Wildman–Crippen LogP) is 4.21. The van der Waals surface area contributed by atoms with E-state index in [4.69, 9.17) is 0 Å². The van der Waals surface area contributed by atoms with Crippen LogP contribution in [0.3, 0.4) is 0 Å². The molecule has 158 valence electrons. The van der Waals surface area contributed by atoms with Gasteiger partial charge in [-0.3, -0.25) is 9.48 Å². The van der Waals surface area contributed by atoms with E-state index in [0.29, 0.717) is 13.0 Å². The molecule has 2 aromatic heterocycles. The van der Waals surface area contributed by atoms with Crippen LogP contribution in [-0.2, 0) is 17.8 Å². The normalized spacial score (nSPS) is 17.6. The summed E-state index contributed by atoms with van der Waals surface area (Å²) in [6.45, 7) is 11.2. The van der Waals surface area contributed by atoms with Crippen LogP contribution in [0.4, 0.5) is 0 Å². The first-order valence-electron chi connectivity index (χ1n) is 10.7. The van der Waals surface area contributed by atoms with Crippen molar-refractivity contribution in [2.45, 2.75) is 66.5 Å². The Morgan fingerprint density at radius 3 is 2.60 bits per heavy atom. The van der Waals surface area contributed by atoms with Crippen LogP contribution in [0.1, 0.15) is 60.9 Å². The van der Waals surface area contributed by atoms with Crippen molar-refractivity contribution in [3.05, 3.63) is 64.7 Å². The second-order valence-corrected chi connectivity index (χ2v) is 9.36. The molecule has 0 saturated carbocycles. The van der Waals surface area contributed by atoms with Gasteiger partial charge in [-0.15, -0.1) is 0 Å². The number of fused-ring (bicyclic) bond motifs is 1. The van der Waals surface area contributed by atoms with E-state index in [9.17, 15) is 4.79 Å². The Kier molecular flexibility index (Phi) is 5.26. The Balaban J connectivity index is 1.53. The minimum atomic E-state index is -0.0177. The van der Waals surface area contributed by atoms with E-state index in [1.54, 1.807) is 0 Å². The number of aryl methyl sites for hydroxylation is 4. The van der Waals surface area contributed by atoms with Gasteiger partial charge in [-0.05, 0) is 57.2 Å². The third-order valence-corrected chi connectivity index (χ3v) is 5.95. The minimum Gasteiger partial charge on any atom is -0.349 e. The van der Waals surface area contributed by atoms with Crippen molar-refractivity contribution in [2.75, 3.05) is 0 Å². The fourth-order valence-corrected chi connectivity index (χ4v) is 4.45. The molecule has 0 bridgehead atoms. The third kappa shape index (κ3) is 4.18. The van der Waals surface area contributed by atoms with Crippen molar-refractivity contribution in [1.29, 1.82) is 0 Å². The zero-order valence-electron chi connectivity index (χ0n) is 18.6. The molecule has 6 nitrogen and oxygen atoms in total. The molecule has 1 N–H and O–H groups in total. The van der Waals surface area contributed by atoms with E-state index in [2.05, 4.69) is 60.6 Å². The number of carbonyl (C=O) groups is 1. The second kappa shape index (κ2) is 7.74. The molecule has 4 rings (SSSR count). The zero-order chi connectivity index (χ0) is 21.5. The summed E-state index contributed by atoms with van der Waals surface area (Å²) < 4.78 is 3.94. The number of carbonyl (C=O) groups excluding carboxylic acids is 1. The standard InChI is InChI=1S/C24H31N5O/c1-16-6-8-19(9-7-16)29-22-14-24(4,5)13-21(20(22)15-25-29)26-23(30)10-11-28-18(3)12-17(2)27-28/h6-9,12,15,21H,10-11,13-14H2,1-5H3,(H,26,30)/t21-/m1/s1. The molecule has 1 amide bonds. The Morgan fingerprint density at radius 1 is 1.20 bits per heavy atom. The maximum absolute atomic E-state index is 12.8. The maximum atomic E-state index is 12.8. The summed E-state index contributed by atoms with van der Waals surface area (Å²) in [5.74, 6) is 0.0549. The molecule has 0 saturated heterocycles. The number of rotatable bonds is 5. The molecule has 6 heteroatoms. The highest BCUT2D eigenvalue weighted by molar-refractivity contribution is 5.76. The van der Waals surface area contributed by atoms with Gasteiger partial charge in [0.1, 0.15) is 0 Å². The lowest BCUT2D eigenvalue weighted by molar-refractivity contribution is -0.122. The van der Waals surface area contributed by atoms with E-state index < -0.39 is 0 Å². The smallest absolute Gasteiger partial charge is 0.222 e. The summed E-state index contributed by atoms with van der Waals surface area (Å²) in [6, 6.07) is 10.4. The lowest BCUT2D eigenvalue weighted by Gasteiger charge is -2.36. The monoisotopic (exact) mass is 405 g/mol. The maximum Gasteiger partial charge on any atom is 0.222 e. The number of benzene rings is 1. The number of hydrogen-bond donors (Lipinski definition) is 1. The van der Waals surface area contributed by atoms with Crippen molar-refractivity contribution in [3.8, 4) is 5.69 Å². The van der Waals surface area contributed by atoms with Gasteiger partial charge in [0.05, 0.1) is 29.3 Å². The van der Waals surface area contributed by atoms with Gasteiger partial charge >= 0.3 is 0 Å². The largest absolute Gasteiger partial charge is 0.349 e. The summed E-state index contributed by atoms with van der Waals surface area (Å²) in [4.78, 5) is 12.8. The van der Waals surface area contributed by atoms with Crippen LogP contribution in [0.5, 0.6) is 0 Å². The number of aromatic nitrogens is 4. The molecular weight excluding hydrogens is 374 g/mol. The molecule has 1 aliphatic carbocycles. The average molecular weight is 406 g/mol. The number of nitrogens with zero attached hydrogens (tertiary/aromatic N) is 4. The van der Waals surface area contributed by atoms with Gasteiger partial charge in [0, 0.05) is 24.2 Å². The van der Waals surface area contributed by atoms with Crippen LogP contribution < -0.4 is 5.32 Å². The number of nitrogens with one attached hydrogen (secondary N) is 1. The van der Waals surface area contributed by atoms with Crippen molar-refractivity contribution in [3.63, 3.8) is 0 Å². The Bertz CT molecular complexity index is 1060. The minimum absolute atomic E-state index is 0.0177. The fourth-order valence-electron chi connectivity index (χ4n) is 4.45. The first kappa shape index (κ1) is 20.4. The van der Waals surface area contributed by atoms with Gasteiger partial charge in [0.15, 0.2) is 0 Å². The highest BCUT2D eigenvalue weighted by Gasteiger charge is 2.36. The molecule has 0 radical (unpaired) electrons. The lowest BCUT2D eigenvalue weighted by Crippen LogP contribution is -2.37. The van der Waals surface area contributed by atoms with Crippen LogP contribution >= 0.6 is 0 Å². The first-order valence-corrected chi connectivity index (χ1v) is 10.7. The molecule has 0 fully saturated rings. The summed E-state index contributed by atoms with van der Waals surface area (Å²) in [5.41, 5.74) is 6.77. The summed E-state index contributed by atoms with van der Waals surface area (Å²) in [7, 11) is 0. The van der Waals surface area contributed by atoms with Crippen molar-refractivity contribution >= 4 is 5.91 Å². The molecule has 1 aromatic carbocycles. The molecule has 1 aliphatic rings. The van der Waals surface area contributed by atoms with Crippen LogP contribution in [0.25, 0.3) is 5.69 Å². The Morgan fingerprint density at radius 2 is 1.93 bits per heavy atom. The average Bonchev–Trinajstić information content (AvgIpc) is 3.22. The molecule has 3 aromatic rings. The summed E-state index contributed by atoms with van der Waals surface area (Å²) in [5, 5.41) is 12.4. The quantitative estimate of drug-likeness (QED) is 0.691. The van der Waals surface area contributed by atoms with Gasteiger partial charge in [-0.25, -0.2) is 4.68 Å². The van der Waals surface area contributed by atoms with Gasteiger partial charge in [-0.2, -0.15) is 10.2 Å². The summed E-state index contributed by atoms with van der Waals surface area (Å²) >= 11 is 0. The van der Waals surface area contributed by atoms with Gasteiger partial charge in [0.2, 0.25) is 5.91 Å². The molecule has 2 heterocycles. The van der Waals surface area contributed by atoms with Crippen LogP contribution in [0, 0.1) is 26.2 Å². The molecule has 1 atom stereocenters. The van der Waals surface area contributed by atoms with E-state index >= 15 is 0 Å². The van der Waals surface area contributed by atoms with Gasteiger partial charge < -0.3 is 5.32 Å². The van der Waals surface area contributed by atoms with Crippen LogP contribution in [0.15, 0.2) is 36.5 Å². The lowest BCUT2D eigenvalue weighted by atomic mass is 9.74. The number of hydrogen-bond acceptors (Lipinski definition) is 3. The van der Waals surface area contributed by atoms with Gasteiger partial charge in [0.25, 0.3) is 0 Å². The van der Waals surface area contributed by atoms with E-state index in [0.717, 1.165) is 35.5 Å². The topological polar surface area (TPSA) is 64.7 Å². The Labute approximate surface area is 178 Å². The first-order chi connectivity index (χ1) is 14.2. The van der Waals surface area contributed by atoms with Crippen LogP contribution in [-0.4, -0.2) is 25.5 Å². The van der Waals surface area contributed by atoms with Gasteiger partial charge in [-0.1, -0.05) is 31.5 Å². The molecule has 0 spiro atoms. The predicted molar refractivity (Wildman–Crippen MR) is 118 cm³/mol. The number of amides is 1. The molecule has 30 heavy (non-hydrogen) atoms. The van der Waals surface area contributed by atoms with E-state index in [1.165, 1.54) is 11.3 Å². The van der Waals surface area contributed by atoms with E-state index in [-0.39, 0.29) is 17.4 Å². The highest BCUT2D eigenvalue weighted by atomic mass is 16.1. The van der Waals surface area contributed by atoms with E-state index in [1.807, 2.05) is 35.5 Å². The third-order valence-electron chi connectivity index (χ3n) is 5.95. The highest BCUT2D eigenvalue weighted by Crippen LogP contribution is 2.41. The molecular formula is C24H31N5O. The molecule has 0 aliphatic heterocycles. The second-order valence-electron chi connectivity index (χ2n) is 9.36. The van der Waals surface area contributed by atoms with Crippen molar-refractivity contribution in [2.24, 2.45) is 5.41 Å². The van der Waals surface area contributed by atoms with Crippen LogP contribution in [0.2, 0.25) is 0 Å². The van der Waals surface area contributed by atoms with Crippen molar-refractivity contribution in [1.82, 2.24) is 24.9 Å². The molecule has 0 unspecified atom stereocenters. The SMILES string of the molecule is Cc1ccc(-n2ncc3c2CC(C)(C)C[C@H]3NC(=O)CCn2nc(C)cc2C)cc1. The Hall–Kier alpha value is -2.89.